The van der Waals surface area contributed by atoms with Gasteiger partial charge in [0.15, 0.2) is 10.6 Å². The van der Waals surface area contributed by atoms with Crippen molar-refractivity contribution in [3.05, 3.63) is 23.2 Å². The number of hydrogen-bond donors (Lipinski definition) is 0. The molecule has 166 valence electrons. The van der Waals surface area contributed by atoms with Gasteiger partial charge in [-0.05, 0) is 30.3 Å². The first-order chi connectivity index (χ1) is 13.6. The topological polar surface area (TPSA) is 49.8 Å². The minimum atomic E-state index is -1.92. The maximum Gasteiger partial charge on any atom is 0.287 e. The van der Waals surface area contributed by atoms with Gasteiger partial charge in [-0.25, -0.2) is 9.87 Å². The summed E-state index contributed by atoms with van der Waals surface area (Å²) in [6, 6.07) is 6.19. The van der Waals surface area contributed by atoms with Crippen LogP contribution in [0.3, 0.4) is 0 Å². The first-order valence-corrected chi connectivity index (χ1v) is 14.4. The van der Waals surface area contributed by atoms with Gasteiger partial charge < -0.3 is 9.16 Å². The van der Waals surface area contributed by atoms with Gasteiger partial charge >= 0.3 is 0 Å². The quantitative estimate of drug-likeness (QED) is 0.388. The molecule has 0 amide bonds. The standard InChI is InChI=1S/C23H35NO4SSi/c1-19(2,3)23-21(7,8)14-25-22(23,27-28-23)18-24-16-13-15(11-12-17(16)29-18)26-30(9,10)20(4,5)6/h11-13H,14H2,1-10H3. The summed E-state index contributed by atoms with van der Waals surface area (Å²) in [7, 11) is -1.92. The zero-order chi connectivity index (χ0) is 22.4. The first-order valence-electron chi connectivity index (χ1n) is 10.7. The molecular formula is C23H35NO4SSi. The minimum Gasteiger partial charge on any atom is -0.543 e. The molecule has 1 aromatic carbocycles. The van der Waals surface area contributed by atoms with Gasteiger partial charge in [-0.15, -0.1) is 11.3 Å². The average molecular weight is 450 g/mol. The highest BCUT2D eigenvalue weighted by Gasteiger charge is 2.82. The van der Waals surface area contributed by atoms with Crippen LogP contribution in [-0.2, 0) is 20.3 Å². The fourth-order valence-electron chi connectivity index (χ4n) is 4.71. The Labute approximate surface area is 185 Å². The van der Waals surface area contributed by atoms with Crippen molar-refractivity contribution in [2.75, 3.05) is 6.61 Å². The van der Waals surface area contributed by atoms with E-state index >= 15 is 0 Å². The zero-order valence-corrected chi connectivity index (χ0v) is 21.7. The van der Waals surface area contributed by atoms with Gasteiger partial charge in [0.2, 0.25) is 8.32 Å². The number of ether oxygens (including phenoxy) is 1. The molecule has 2 fully saturated rings. The first kappa shape index (κ1) is 22.2. The Kier molecular flexibility index (Phi) is 4.65. The Bertz CT molecular complexity index is 987. The lowest BCUT2D eigenvalue weighted by molar-refractivity contribution is -0.626. The van der Waals surface area contributed by atoms with Crippen LogP contribution in [0.5, 0.6) is 5.75 Å². The summed E-state index contributed by atoms with van der Waals surface area (Å²) in [6.07, 6.45) is 0. The lowest BCUT2D eigenvalue weighted by Crippen LogP contribution is -2.73. The molecular weight excluding hydrogens is 414 g/mol. The van der Waals surface area contributed by atoms with Crippen molar-refractivity contribution >= 4 is 29.9 Å². The van der Waals surface area contributed by atoms with E-state index in [0.717, 1.165) is 21.0 Å². The molecule has 0 N–H and O–H groups in total. The van der Waals surface area contributed by atoms with E-state index in [0.29, 0.717) is 6.61 Å². The number of aromatic nitrogens is 1. The maximum atomic E-state index is 6.49. The summed E-state index contributed by atoms with van der Waals surface area (Å²) in [5.41, 5.74) is -0.105. The second-order valence-electron chi connectivity index (χ2n) is 11.9. The number of nitrogens with zero attached hydrogens (tertiary/aromatic N) is 1. The van der Waals surface area contributed by atoms with Crippen LogP contribution < -0.4 is 4.43 Å². The van der Waals surface area contributed by atoms with Crippen molar-refractivity contribution in [1.29, 1.82) is 0 Å². The third-order valence-electron chi connectivity index (χ3n) is 7.21. The number of fused-ring (bicyclic) bond motifs is 2. The molecule has 0 bridgehead atoms. The van der Waals surface area contributed by atoms with Crippen molar-refractivity contribution < 1.29 is 18.9 Å². The molecule has 0 spiro atoms. The van der Waals surface area contributed by atoms with Gasteiger partial charge in [-0.3, -0.25) is 0 Å². The molecule has 30 heavy (non-hydrogen) atoms. The van der Waals surface area contributed by atoms with Crippen LogP contribution >= 0.6 is 11.3 Å². The van der Waals surface area contributed by atoms with Gasteiger partial charge in [-0.2, -0.15) is 4.89 Å². The van der Waals surface area contributed by atoms with Crippen LogP contribution in [0.15, 0.2) is 18.2 Å². The maximum absolute atomic E-state index is 6.49. The number of thiazole rings is 1. The zero-order valence-electron chi connectivity index (χ0n) is 19.9. The highest BCUT2D eigenvalue weighted by molar-refractivity contribution is 7.18. The molecule has 1 aromatic heterocycles. The van der Waals surface area contributed by atoms with E-state index in [1.54, 1.807) is 11.3 Å². The Hall–Kier alpha value is -0.993. The Morgan fingerprint density at radius 2 is 1.73 bits per heavy atom. The Morgan fingerprint density at radius 3 is 2.27 bits per heavy atom. The lowest BCUT2D eigenvalue weighted by Gasteiger charge is -2.60. The van der Waals surface area contributed by atoms with E-state index in [4.69, 9.17) is 23.9 Å². The number of rotatable bonds is 3. The van der Waals surface area contributed by atoms with Gasteiger partial charge in [-0.1, -0.05) is 55.4 Å². The minimum absolute atomic E-state index is 0.140. The molecule has 2 atom stereocenters. The molecule has 0 aliphatic carbocycles. The SMILES string of the molecule is CC(C)(C)C12OOC1(c1nc3cc(O[Si](C)(C)C(C)(C)C)ccc3s1)OCC2(C)C. The highest BCUT2D eigenvalue weighted by atomic mass is 32.1. The molecule has 2 aliphatic heterocycles. The van der Waals surface area contributed by atoms with Crippen molar-refractivity contribution in [2.24, 2.45) is 10.8 Å². The third-order valence-corrected chi connectivity index (χ3v) is 12.7. The normalized spacial score (nSPS) is 29.0. The predicted octanol–water partition coefficient (Wildman–Crippen LogP) is 6.64. The monoisotopic (exact) mass is 449 g/mol. The highest BCUT2D eigenvalue weighted by Crippen LogP contribution is 2.69. The van der Waals surface area contributed by atoms with Gasteiger partial charge in [0.05, 0.1) is 16.8 Å². The summed E-state index contributed by atoms with van der Waals surface area (Å²) >= 11 is 1.61. The fourth-order valence-corrected chi connectivity index (χ4v) is 6.80. The Balaban J connectivity index is 1.75. The molecule has 3 heterocycles. The van der Waals surface area contributed by atoms with E-state index in [1.165, 1.54) is 0 Å². The second kappa shape index (κ2) is 6.29. The largest absolute Gasteiger partial charge is 0.543 e. The second-order valence-corrected chi connectivity index (χ2v) is 17.7. The van der Waals surface area contributed by atoms with E-state index in [1.807, 2.05) is 6.07 Å². The number of benzene rings is 1. The van der Waals surface area contributed by atoms with Crippen LogP contribution in [0.4, 0.5) is 0 Å². The van der Waals surface area contributed by atoms with E-state index in [9.17, 15) is 0 Å². The van der Waals surface area contributed by atoms with Gasteiger partial charge in [0, 0.05) is 16.9 Å². The number of hydrogen-bond acceptors (Lipinski definition) is 6. The summed E-state index contributed by atoms with van der Waals surface area (Å²) in [5.74, 6) is -0.0946. The molecule has 2 saturated heterocycles. The van der Waals surface area contributed by atoms with E-state index < -0.39 is 19.7 Å². The fraction of sp³-hybridized carbons (Fsp3) is 0.696. The van der Waals surface area contributed by atoms with Crippen LogP contribution in [0.25, 0.3) is 10.2 Å². The molecule has 0 saturated carbocycles. The van der Waals surface area contributed by atoms with Crippen LogP contribution in [0.1, 0.15) is 60.4 Å². The van der Waals surface area contributed by atoms with Crippen LogP contribution in [0, 0.1) is 10.8 Å². The molecule has 4 rings (SSSR count). The average Bonchev–Trinajstić information content (AvgIpc) is 3.00. The van der Waals surface area contributed by atoms with E-state index in [-0.39, 0.29) is 15.9 Å². The third kappa shape index (κ3) is 2.78. The molecule has 2 aliphatic rings. The lowest BCUT2D eigenvalue weighted by atomic mass is 9.59. The summed E-state index contributed by atoms with van der Waals surface area (Å²) in [5, 5.41) is 0.953. The molecule has 2 unspecified atom stereocenters. The van der Waals surface area contributed by atoms with Crippen LogP contribution in [-0.4, -0.2) is 25.5 Å². The Morgan fingerprint density at radius 1 is 1.07 bits per heavy atom. The summed E-state index contributed by atoms with van der Waals surface area (Å²) < 4.78 is 13.9. The van der Waals surface area contributed by atoms with Gasteiger partial charge in [0.1, 0.15) is 5.75 Å². The van der Waals surface area contributed by atoms with Crippen LogP contribution in [0.2, 0.25) is 18.1 Å². The van der Waals surface area contributed by atoms with Crippen molar-refractivity contribution in [3.8, 4) is 5.75 Å². The summed E-state index contributed by atoms with van der Waals surface area (Å²) in [6.45, 7) is 22.7. The van der Waals surface area contributed by atoms with Gasteiger partial charge in [0.25, 0.3) is 5.79 Å². The van der Waals surface area contributed by atoms with Crippen molar-refractivity contribution in [1.82, 2.24) is 4.98 Å². The molecule has 2 aromatic rings. The molecule has 5 nitrogen and oxygen atoms in total. The van der Waals surface area contributed by atoms with Crippen molar-refractivity contribution in [2.45, 2.75) is 84.9 Å². The molecule has 7 heteroatoms. The van der Waals surface area contributed by atoms with Crippen molar-refractivity contribution in [3.63, 3.8) is 0 Å². The predicted molar refractivity (Wildman–Crippen MR) is 123 cm³/mol. The molecule has 0 radical (unpaired) electrons. The smallest absolute Gasteiger partial charge is 0.287 e. The summed E-state index contributed by atoms with van der Waals surface area (Å²) in [4.78, 5) is 16.7. The van der Waals surface area contributed by atoms with E-state index in [2.05, 4.69) is 80.6 Å².